The maximum absolute atomic E-state index is 8.78. The van der Waals surface area contributed by atoms with Gasteiger partial charge in [-0.15, -0.1) is 11.3 Å². The average molecular weight is 128 g/mol. The fourth-order valence-corrected chi connectivity index (χ4v) is 0.945. The molecule has 0 aromatic carbocycles. The lowest BCUT2D eigenvalue weighted by molar-refractivity contribution is 0.340. The molecule has 0 unspecified atom stereocenters. The van der Waals surface area contributed by atoms with Gasteiger partial charge in [0.15, 0.2) is 0 Å². The Morgan fingerprint density at radius 3 is 2.88 bits per heavy atom. The third-order valence-corrected chi connectivity index (χ3v) is 1.62. The summed E-state index contributed by atoms with van der Waals surface area (Å²) >= 11 is 1.43. The topological polar surface area (TPSA) is 33.1 Å². The van der Waals surface area contributed by atoms with Gasteiger partial charge >= 0.3 is 0 Å². The van der Waals surface area contributed by atoms with E-state index in [0.717, 1.165) is 0 Å². The molecule has 43 valence electrons. The van der Waals surface area contributed by atoms with Gasteiger partial charge in [-0.2, -0.15) is 0 Å². The lowest BCUT2D eigenvalue weighted by atomic mass is 10.4. The van der Waals surface area contributed by atoms with E-state index in [1.165, 1.54) is 11.3 Å². The minimum Gasteiger partial charge on any atom is -0.379 e. The second-order valence-corrected chi connectivity index (χ2v) is 2.32. The Kier molecular flexibility index (Phi) is 1.60. The number of hydrogen-bond donors (Lipinski definition) is 1. The third-order valence-electron chi connectivity index (χ3n) is 0.742. The van der Waals surface area contributed by atoms with E-state index >= 15 is 0 Å². The number of aliphatic hydroxyl groups is 1. The van der Waals surface area contributed by atoms with Crippen molar-refractivity contribution in [1.82, 2.24) is 4.98 Å². The van der Waals surface area contributed by atoms with E-state index in [0.29, 0.717) is 11.1 Å². The monoisotopic (exact) mass is 128 g/mol. The number of aromatic nitrogens is 1. The van der Waals surface area contributed by atoms with Gasteiger partial charge in [0, 0.05) is 11.6 Å². The first-order chi connectivity index (χ1) is 3.80. The molecule has 0 aliphatic carbocycles. The van der Waals surface area contributed by atoms with Crippen LogP contribution in [0.5, 0.6) is 0 Å². The average Bonchev–Trinajstić information content (AvgIpc) is 2.12. The van der Waals surface area contributed by atoms with Crippen LogP contribution in [-0.4, -0.2) is 10.1 Å². The normalized spacial score (nSPS) is 10.4. The van der Waals surface area contributed by atoms with E-state index < -0.39 is 0 Å². The van der Waals surface area contributed by atoms with Gasteiger partial charge in [-0.05, 0) is 6.92 Å². The molecule has 0 spiro atoms. The van der Waals surface area contributed by atoms with E-state index in [4.69, 9.17) is 5.11 Å². The summed E-state index contributed by atoms with van der Waals surface area (Å²) in [5, 5.41) is 11.3. The van der Waals surface area contributed by atoms with Crippen molar-refractivity contribution in [2.24, 2.45) is 0 Å². The van der Waals surface area contributed by atoms with Crippen molar-refractivity contribution < 1.29 is 5.11 Å². The molecule has 0 aliphatic heterocycles. The Morgan fingerprint density at radius 2 is 2.62 bits per heavy atom. The van der Waals surface area contributed by atoms with Gasteiger partial charge in [0.05, 0.1) is 0 Å². The van der Waals surface area contributed by atoms with E-state index in [1.807, 2.05) is 5.38 Å². The van der Waals surface area contributed by atoms with Gasteiger partial charge in [0.2, 0.25) is 0 Å². The minimum absolute atomic E-state index is 0.292. The van der Waals surface area contributed by atoms with Crippen molar-refractivity contribution >= 4 is 11.3 Å². The van der Waals surface area contributed by atoms with E-state index in [2.05, 4.69) is 4.98 Å². The van der Waals surface area contributed by atoms with Crippen LogP contribution >= 0.6 is 11.3 Å². The Hall–Kier alpha value is -0.410. The molecule has 1 heterocycles. The molecule has 1 rings (SSSR count). The second kappa shape index (κ2) is 2.24. The van der Waals surface area contributed by atoms with Crippen LogP contribution in [0.3, 0.4) is 0 Å². The van der Waals surface area contributed by atoms with Crippen LogP contribution in [0.4, 0.5) is 0 Å². The first-order valence-electron chi connectivity index (χ1n) is 2.23. The van der Waals surface area contributed by atoms with Gasteiger partial charge in [-0.25, -0.2) is 4.98 Å². The van der Waals surface area contributed by atoms with Crippen LogP contribution in [0.2, 0.25) is 0 Å². The van der Waals surface area contributed by atoms with Crippen molar-refractivity contribution in [1.29, 1.82) is 0 Å². The molecule has 0 atom stereocenters. The zero-order chi connectivity index (χ0) is 5.98. The Bertz CT molecular complexity index is 147. The van der Waals surface area contributed by atoms with Crippen LogP contribution in [0.1, 0.15) is 11.9 Å². The third kappa shape index (κ3) is 1.05. The van der Waals surface area contributed by atoms with Crippen molar-refractivity contribution in [3.8, 4) is 0 Å². The highest BCUT2D eigenvalue weighted by Crippen LogP contribution is 2.12. The highest BCUT2D eigenvalue weighted by Gasteiger charge is 2.01. The standard InChI is InChI=1S/C5H6NOS/c1-4(7)5-6-2-3-8-5/h2-3,7H,1H3. The van der Waals surface area contributed by atoms with Crippen molar-refractivity contribution in [3.05, 3.63) is 22.7 Å². The summed E-state index contributed by atoms with van der Waals surface area (Å²) in [7, 11) is 0. The molecule has 3 heteroatoms. The van der Waals surface area contributed by atoms with Crippen LogP contribution in [0, 0.1) is 6.10 Å². The van der Waals surface area contributed by atoms with Crippen molar-refractivity contribution in [2.75, 3.05) is 0 Å². The van der Waals surface area contributed by atoms with Gasteiger partial charge in [0.25, 0.3) is 0 Å². The molecular weight excluding hydrogens is 122 g/mol. The number of aliphatic hydroxyl groups excluding tert-OH is 1. The van der Waals surface area contributed by atoms with Crippen molar-refractivity contribution in [3.63, 3.8) is 0 Å². The fraction of sp³-hybridized carbons (Fsp3) is 0.200. The molecular formula is C5H6NOS. The van der Waals surface area contributed by atoms with Crippen LogP contribution < -0.4 is 0 Å². The summed E-state index contributed by atoms with van der Waals surface area (Å²) in [6.07, 6.45) is 1.96. The molecule has 0 saturated heterocycles. The van der Waals surface area contributed by atoms with Gasteiger partial charge < -0.3 is 5.11 Å². The van der Waals surface area contributed by atoms with Crippen LogP contribution in [0.25, 0.3) is 0 Å². The van der Waals surface area contributed by atoms with E-state index in [9.17, 15) is 0 Å². The second-order valence-electron chi connectivity index (χ2n) is 1.42. The SMILES string of the molecule is C[C](O)c1nccs1. The lowest BCUT2D eigenvalue weighted by Gasteiger charge is -1.91. The summed E-state index contributed by atoms with van der Waals surface area (Å²) < 4.78 is 0. The minimum atomic E-state index is 0.292. The first-order valence-corrected chi connectivity index (χ1v) is 3.11. The molecule has 2 nitrogen and oxygen atoms in total. The predicted molar refractivity (Wildman–Crippen MR) is 32.1 cm³/mol. The van der Waals surface area contributed by atoms with E-state index in [1.54, 1.807) is 13.1 Å². The summed E-state index contributed by atoms with van der Waals surface area (Å²) in [6.45, 7) is 1.62. The molecule has 1 N–H and O–H groups in total. The largest absolute Gasteiger partial charge is 0.379 e. The molecule has 0 fully saturated rings. The Labute approximate surface area is 51.8 Å². The van der Waals surface area contributed by atoms with Gasteiger partial charge in [-0.1, -0.05) is 0 Å². The molecule has 0 bridgehead atoms. The predicted octanol–water partition coefficient (Wildman–Crippen LogP) is 1.42. The lowest BCUT2D eigenvalue weighted by Crippen LogP contribution is -1.88. The smallest absolute Gasteiger partial charge is 0.148 e. The number of rotatable bonds is 1. The Balaban J connectivity index is 2.77. The van der Waals surface area contributed by atoms with Gasteiger partial charge in [0.1, 0.15) is 11.1 Å². The summed E-state index contributed by atoms with van der Waals surface area (Å²) in [4.78, 5) is 3.85. The molecule has 0 aliphatic rings. The molecule has 1 aromatic heterocycles. The number of nitrogens with zero attached hydrogens (tertiary/aromatic N) is 1. The maximum atomic E-state index is 8.78. The highest BCUT2D eigenvalue weighted by molar-refractivity contribution is 7.09. The number of thiazole rings is 1. The fourth-order valence-electron chi connectivity index (χ4n) is 0.402. The van der Waals surface area contributed by atoms with Crippen LogP contribution in [-0.2, 0) is 0 Å². The molecule has 0 amide bonds. The zero-order valence-corrected chi connectivity index (χ0v) is 5.27. The maximum Gasteiger partial charge on any atom is 0.148 e. The summed E-state index contributed by atoms with van der Waals surface area (Å²) in [6, 6.07) is 0. The van der Waals surface area contributed by atoms with Crippen LogP contribution in [0.15, 0.2) is 11.6 Å². The van der Waals surface area contributed by atoms with Gasteiger partial charge in [-0.3, -0.25) is 0 Å². The quantitative estimate of drug-likeness (QED) is 0.620. The number of hydrogen-bond acceptors (Lipinski definition) is 3. The molecule has 1 aromatic rings. The summed E-state index contributed by atoms with van der Waals surface area (Å²) in [5.74, 6) is 0. The molecule has 1 radical (unpaired) electrons. The van der Waals surface area contributed by atoms with Crippen molar-refractivity contribution in [2.45, 2.75) is 6.92 Å². The Morgan fingerprint density at radius 1 is 1.88 bits per heavy atom. The van der Waals surface area contributed by atoms with E-state index in [-0.39, 0.29) is 0 Å². The zero-order valence-electron chi connectivity index (χ0n) is 4.46. The molecule has 0 saturated carbocycles. The first kappa shape index (κ1) is 5.72. The highest BCUT2D eigenvalue weighted by atomic mass is 32.1. The summed E-state index contributed by atoms with van der Waals surface area (Å²) in [5.41, 5.74) is 0. The molecule has 8 heavy (non-hydrogen) atoms.